The summed E-state index contributed by atoms with van der Waals surface area (Å²) in [5, 5.41) is 11.3. The maximum Gasteiger partial charge on any atom is 0.235 e. The summed E-state index contributed by atoms with van der Waals surface area (Å²) in [6.45, 7) is 2.56. The number of aromatic nitrogens is 2. The lowest BCUT2D eigenvalue weighted by atomic mass is 10.1. The zero-order chi connectivity index (χ0) is 13.2. The third-order valence-corrected chi connectivity index (χ3v) is 4.08. The minimum Gasteiger partial charge on any atom is -0.423 e. The smallest absolute Gasteiger partial charge is 0.235 e. The molecule has 5 heteroatoms. The van der Waals surface area contributed by atoms with Crippen LogP contribution in [-0.2, 0) is 25.8 Å². The summed E-state index contributed by atoms with van der Waals surface area (Å²) in [4.78, 5) is 0. The van der Waals surface area contributed by atoms with Gasteiger partial charge in [0.15, 0.2) is 0 Å². The molecule has 3 rings (SSSR count). The van der Waals surface area contributed by atoms with E-state index in [9.17, 15) is 0 Å². The highest BCUT2D eigenvalue weighted by Gasteiger charge is 2.14. The molecule has 0 saturated carbocycles. The Kier molecular flexibility index (Phi) is 3.55. The standard InChI is InChI=1S/C14H16BrN3O/c1-2-13-17-18-14(19-13)8-16-12-7-10-5-3-4-9(10)6-11(12)15/h6-7,16H,2-5,8H2,1H3. The van der Waals surface area contributed by atoms with Gasteiger partial charge in [0.25, 0.3) is 0 Å². The fourth-order valence-corrected chi connectivity index (χ4v) is 2.93. The lowest BCUT2D eigenvalue weighted by Gasteiger charge is -2.09. The van der Waals surface area contributed by atoms with Crippen molar-refractivity contribution in [2.75, 3.05) is 5.32 Å². The summed E-state index contributed by atoms with van der Waals surface area (Å²) in [6, 6.07) is 4.44. The first-order valence-electron chi connectivity index (χ1n) is 6.62. The highest BCUT2D eigenvalue weighted by molar-refractivity contribution is 9.10. The Morgan fingerprint density at radius 3 is 2.68 bits per heavy atom. The molecule has 0 fully saturated rings. The van der Waals surface area contributed by atoms with Gasteiger partial charge in [0.2, 0.25) is 11.8 Å². The van der Waals surface area contributed by atoms with Gasteiger partial charge in [-0.2, -0.15) is 0 Å². The number of hydrogen-bond acceptors (Lipinski definition) is 4. The molecule has 2 aromatic rings. The van der Waals surface area contributed by atoms with E-state index >= 15 is 0 Å². The molecule has 1 aromatic carbocycles. The third kappa shape index (κ3) is 2.66. The maximum absolute atomic E-state index is 5.49. The fraction of sp³-hybridized carbons (Fsp3) is 0.429. The van der Waals surface area contributed by atoms with Gasteiger partial charge in [0, 0.05) is 16.6 Å². The number of hydrogen-bond donors (Lipinski definition) is 1. The minimum atomic E-state index is 0.560. The Labute approximate surface area is 120 Å². The van der Waals surface area contributed by atoms with Crippen LogP contribution >= 0.6 is 15.9 Å². The van der Waals surface area contributed by atoms with Crippen LogP contribution in [0, 0.1) is 0 Å². The van der Waals surface area contributed by atoms with Crippen molar-refractivity contribution in [1.29, 1.82) is 0 Å². The summed E-state index contributed by atoms with van der Waals surface area (Å²) in [7, 11) is 0. The second-order valence-electron chi connectivity index (χ2n) is 4.75. The molecule has 1 aliphatic carbocycles. The van der Waals surface area contributed by atoms with Gasteiger partial charge in [-0.15, -0.1) is 10.2 Å². The lowest BCUT2D eigenvalue weighted by molar-refractivity contribution is 0.460. The van der Waals surface area contributed by atoms with E-state index in [4.69, 9.17) is 4.42 Å². The van der Waals surface area contributed by atoms with E-state index < -0.39 is 0 Å². The number of nitrogens with zero attached hydrogens (tertiary/aromatic N) is 2. The number of rotatable bonds is 4. The quantitative estimate of drug-likeness (QED) is 0.936. The second kappa shape index (κ2) is 5.33. The van der Waals surface area contributed by atoms with Crippen molar-refractivity contribution in [1.82, 2.24) is 10.2 Å². The average molecular weight is 322 g/mol. The molecule has 4 nitrogen and oxygen atoms in total. The Balaban J connectivity index is 1.73. The average Bonchev–Trinajstić information content (AvgIpc) is 3.03. The fourth-order valence-electron chi connectivity index (χ4n) is 2.40. The van der Waals surface area contributed by atoms with Crippen LogP contribution < -0.4 is 5.32 Å². The van der Waals surface area contributed by atoms with Crippen molar-refractivity contribution in [3.8, 4) is 0 Å². The van der Waals surface area contributed by atoms with Gasteiger partial charge in [-0.3, -0.25) is 0 Å². The highest BCUT2D eigenvalue weighted by atomic mass is 79.9. The van der Waals surface area contributed by atoms with E-state index in [1.54, 1.807) is 0 Å². The Hall–Kier alpha value is -1.36. The lowest BCUT2D eigenvalue weighted by Crippen LogP contribution is -2.01. The first kappa shape index (κ1) is 12.7. The molecule has 0 saturated heterocycles. The van der Waals surface area contributed by atoms with Crippen molar-refractivity contribution in [2.45, 2.75) is 39.2 Å². The van der Waals surface area contributed by atoms with E-state index in [1.165, 1.54) is 30.4 Å². The van der Waals surface area contributed by atoms with Crippen LogP contribution in [0.4, 0.5) is 5.69 Å². The van der Waals surface area contributed by atoms with Crippen molar-refractivity contribution < 1.29 is 4.42 Å². The van der Waals surface area contributed by atoms with E-state index in [1.807, 2.05) is 6.92 Å². The maximum atomic E-state index is 5.49. The number of nitrogens with one attached hydrogen (secondary N) is 1. The molecule has 19 heavy (non-hydrogen) atoms. The van der Waals surface area contributed by atoms with Crippen LogP contribution in [0.5, 0.6) is 0 Å². The van der Waals surface area contributed by atoms with Gasteiger partial charge >= 0.3 is 0 Å². The van der Waals surface area contributed by atoms with Gasteiger partial charge in [0.1, 0.15) is 0 Å². The molecule has 0 aliphatic heterocycles. The molecular formula is C14H16BrN3O. The number of aryl methyl sites for hydroxylation is 3. The molecule has 1 aliphatic rings. The molecule has 0 atom stereocenters. The van der Waals surface area contributed by atoms with Crippen molar-refractivity contribution in [2.24, 2.45) is 0 Å². The van der Waals surface area contributed by atoms with Crippen molar-refractivity contribution >= 4 is 21.6 Å². The molecule has 0 amide bonds. The van der Waals surface area contributed by atoms with Crippen LogP contribution in [-0.4, -0.2) is 10.2 Å². The van der Waals surface area contributed by atoms with Gasteiger partial charge in [-0.1, -0.05) is 6.92 Å². The molecular weight excluding hydrogens is 306 g/mol. The normalized spacial score (nSPS) is 13.6. The number of benzene rings is 1. The predicted molar refractivity (Wildman–Crippen MR) is 77.2 cm³/mol. The van der Waals surface area contributed by atoms with Crippen LogP contribution in [0.15, 0.2) is 21.0 Å². The molecule has 1 aromatic heterocycles. The SMILES string of the molecule is CCc1nnc(CNc2cc3c(cc2Br)CCC3)o1. The number of anilines is 1. The van der Waals surface area contributed by atoms with Gasteiger partial charge in [-0.05, 0) is 58.5 Å². The van der Waals surface area contributed by atoms with E-state index in [2.05, 4.69) is 43.6 Å². The van der Waals surface area contributed by atoms with Gasteiger partial charge in [0.05, 0.1) is 6.54 Å². The first-order chi connectivity index (χ1) is 9.26. The van der Waals surface area contributed by atoms with Gasteiger partial charge in [-0.25, -0.2) is 0 Å². The second-order valence-corrected chi connectivity index (χ2v) is 5.61. The van der Waals surface area contributed by atoms with Crippen LogP contribution in [0.1, 0.15) is 36.3 Å². The summed E-state index contributed by atoms with van der Waals surface area (Å²) in [5.41, 5.74) is 4.01. The predicted octanol–water partition coefficient (Wildman–Crippen LogP) is 3.50. The van der Waals surface area contributed by atoms with Crippen molar-refractivity contribution in [3.05, 3.63) is 39.5 Å². The third-order valence-electron chi connectivity index (χ3n) is 3.42. The molecule has 0 bridgehead atoms. The monoisotopic (exact) mass is 321 g/mol. The Morgan fingerprint density at radius 2 is 1.95 bits per heavy atom. The highest BCUT2D eigenvalue weighted by Crippen LogP contribution is 2.31. The summed E-state index contributed by atoms with van der Waals surface area (Å²) < 4.78 is 6.59. The Morgan fingerprint density at radius 1 is 1.21 bits per heavy atom. The number of fused-ring (bicyclic) bond motifs is 1. The molecule has 0 radical (unpaired) electrons. The minimum absolute atomic E-state index is 0.560. The zero-order valence-corrected chi connectivity index (χ0v) is 12.5. The molecule has 0 unspecified atom stereocenters. The zero-order valence-electron chi connectivity index (χ0n) is 10.9. The van der Waals surface area contributed by atoms with E-state index in [0.717, 1.165) is 16.6 Å². The van der Waals surface area contributed by atoms with Crippen LogP contribution in [0.25, 0.3) is 0 Å². The van der Waals surface area contributed by atoms with Crippen LogP contribution in [0.2, 0.25) is 0 Å². The molecule has 1 N–H and O–H groups in total. The summed E-state index contributed by atoms with van der Waals surface area (Å²) in [5.74, 6) is 1.31. The summed E-state index contributed by atoms with van der Waals surface area (Å²) >= 11 is 3.61. The van der Waals surface area contributed by atoms with Gasteiger partial charge < -0.3 is 9.73 Å². The topological polar surface area (TPSA) is 51.0 Å². The van der Waals surface area contributed by atoms with E-state index in [0.29, 0.717) is 18.3 Å². The molecule has 0 spiro atoms. The first-order valence-corrected chi connectivity index (χ1v) is 7.42. The van der Waals surface area contributed by atoms with Crippen molar-refractivity contribution in [3.63, 3.8) is 0 Å². The number of halogens is 1. The molecule has 100 valence electrons. The largest absolute Gasteiger partial charge is 0.423 e. The van der Waals surface area contributed by atoms with E-state index in [-0.39, 0.29) is 0 Å². The summed E-state index contributed by atoms with van der Waals surface area (Å²) in [6.07, 6.45) is 4.40. The Bertz CT molecular complexity index is 594. The molecule has 1 heterocycles. The van der Waals surface area contributed by atoms with Crippen LogP contribution in [0.3, 0.4) is 0 Å².